The van der Waals surface area contributed by atoms with Crippen molar-refractivity contribution in [3.8, 4) is 0 Å². The lowest BCUT2D eigenvalue weighted by Crippen LogP contribution is -1.99. The summed E-state index contributed by atoms with van der Waals surface area (Å²) in [6, 6.07) is 3.72. The molecule has 5 N–H and O–H groups in total. The first-order valence-electron chi connectivity index (χ1n) is 6.00. The lowest BCUT2D eigenvalue weighted by Gasteiger charge is -2.01. The highest BCUT2D eigenvalue weighted by atomic mass is 32.2. The van der Waals surface area contributed by atoms with Gasteiger partial charge in [-0.25, -0.2) is 8.78 Å². The van der Waals surface area contributed by atoms with E-state index in [-0.39, 0.29) is 11.8 Å². The summed E-state index contributed by atoms with van der Waals surface area (Å²) in [6.07, 6.45) is 0. The van der Waals surface area contributed by atoms with Crippen molar-refractivity contribution in [2.75, 3.05) is 11.5 Å². The molecule has 0 aliphatic rings. The molecular formula is C13H11F2N5S. The second kappa shape index (κ2) is 4.88. The maximum absolute atomic E-state index is 13.2. The van der Waals surface area contributed by atoms with Crippen LogP contribution in [0.15, 0.2) is 28.1 Å². The van der Waals surface area contributed by atoms with E-state index in [2.05, 4.69) is 15.0 Å². The SMILES string of the molecule is Cc1c(Sc2ccc(F)c(F)c2)[nH]c2nc(N)nc(N)c12. The minimum absolute atomic E-state index is 0.0747. The summed E-state index contributed by atoms with van der Waals surface area (Å²) in [4.78, 5) is 11.6. The van der Waals surface area contributed by atoms with E-state index in [1.807, 2.05) is 6.92 Å². The van der Waals surface area contributed by atoms with Gasteiger partial charge in [-0.15, -0.1) is 0 Å². The number of hydrogen-bond acceptors (Lipinski definition) is 5. The van der Waals surface area contributed by atoms with Crippen molar-refractivity contribution >= 4 is 34.6 Å². The fraction of sp³-hybridized carbons (Fsp3) is 0.0769. The minimum atomic E-state index is -0.891. The zero-order valence-electron chi connectivity index (χ0n) is 10.9. The number of anilines is 2. The molecule has 0 radical (unpaired) electrons. The monoisotopic (exact) mass is 307 g/mol. The molecule has 0 spiro atoms. The Bertz CT molecular complexity index is 846. The van der Waals surface area contributed by atoms with Crippen LogP contribution in [0, 0.1) is 18.6 Å². The first-order valence-corrected chi connectivity index (χ1v) is 6.81. The second-order valence-corrected chi connectivity index (χ2v) is 5.53. The van der Waals surface area contributed by atoms with Gasteiger partial charge in [-0.3, -0.25) is 0 Å². The van der Waals surface area contributed by atoms with Crippen LogP contribution in [0.2, 0.25) is 0 Å². The first kappa shape index (κ1) is 13.6. The molecule has 5 nitrogen and oxygen atoms in total. The van der Waals surface area contributed by atoms with Crippen molar-refractivity contribution in [1.82, 2.24) is 15.0 Å². The Morgan fingerprint density at radius 1 is 1.14 bits per heavy atom. The Morgan fingerprint density at radius 2 is 1.90 bits per heavy atom. The third-order valence-corrected chi connectivity index (χ3v) is 4.11. The Balaban J connectivity index is 2.06. The number of H-pyrrole nitrogens is 1. The zero-order valence-corrected chi connectivity index (χ0v) is 11.8. The Hall–Kier alpha value is -2.35. The van der Waals surface area contributed by atoms with Crippen molar-refractivity contribution in [1.29, 1.82) is 0 Å². The molecule has 0 saturated heterocycles. The Morgan fingerprint density at radius 3 is 2.62 bits per heavy atom. The van der Waals surface area contributed by atoms with Gasteiger partial charge >= 0.3 is 0 Å². The highest BCUT2D eigenvalue weighted by Crippen LogP contribution is 2.35. The maximum atomic E-state index is 13.2. The minimum Gasteiger partial charge on any atom is -0.383 e. The van der Waals surface area contributed by atoms with Gasteiger partial charge in [0.1, 0.15) is 11.5 Å². The molecule has 3 aromatic rings. The summed E-state index contributed by atoms with van der Waals surface area (Å²) >= 11 is 1.25. The molecule has 0 aliphatic carbocycles. The van der Waals surface area contributed by atoms with Crippen LogP contribution in [0.3, 0.4) is 0 Å². The molecule has 2 heterocycles. The van der Waals surface area contributed by atoms with Gasteiger partial charge in [-0.05, 0) is 30.7 Å². The van der Waals surface area contributed by atoms with Crippen molar-refractivity contribution in [2.24, 2.45) is 0 Å². The van der Waals surface area contributed by atoms with Crippen LogP contribution in [-0.2, 0) is 0 Å². The Labute approximate surface area is 122 Å². The Kier molecular flexibility index (Phi) is 3.17. The van der Waals surface area contributed by atoms with Crippen LogP contribution in [0.4, 0.5) is 20.5 Å². The fourth-order valence-electron chi connectivity index (χ4n) is 2.03. The van der Waals surface area contributed by atoms with E-state index in [9.17, 15) is 8.78 Å². The van der Waals surface area contributed by atoms with Crippen LogP contribution in [0.25, 0.3) is 11.0 Å². The second-order valence-electron chi connectivity index (χ2n) is 4.45. The normalized spacial score (nSPS) is 11.2. The fourth-order valence-corrected chi connectivity index (χ4v) is 2.97. The van der Waals surface area contributed by atoms with E-state index in [0.717, 1.165) is 22.7 Å². The quantitative estimate of drug-likeness (QED) is 0.677. The van der Waals surface area contributed by atoms with Crippen LogP contribution < -0.4 is 11.5 Å². The van der Waals surface area contributed by atoms with Gasteiger partial charge in [0.15, 0.2) is 11.6 Å². The summed E-state index contributed by atoms with van der Waals surface area (Å²) in [6.45, 7) is 1.84. The summed E-state index contributed by atoms with van der Waals surface area (Å²) in [7, 11) is 0. The lowest BCUT2D eigenvalue weighted by molar-refractivity contribution is 0.506. The smallest absolute Gasteiger partial charge is 0.223 e. The summed E-state index contributed by atoms with van der Waals surface area (Å²) in [5.74, 6) is -1.41. The molecule has 8 heteroatoms. The molecular weight excluding hydrogens is 296 g/mol. The number of benzene rings is 1. The highest BCUT2D eigenvalue weighted by molar-refractivity contribution is 7.99. The number of fused-ring (bicyclic) bond motifs is 1. The molecule has 0 bridgehead atoms. The number of aromatic nitrogens is 3. The van der Waals surface area contributed by atoms with Gasteiger partial charge in [-0.2, -0.15) is 9.97 Å². The zero-order chi connectivity index (χ0) is 15.1. The molecule has 0 unspecified atom stereocenters. The van der Waals surface area contributed by atoms with E-state index < -0.39 is 11.6 Å². The van der Waals surface area contributed by atoms with Gasteiger partial charge in [0.2, 0.25) is 5.95 Å². The average molecular weight is 307 g/mol. The molecule has 0 fully saturated rings. The maximum Gasteiger partial charge on any atom is 0.223 e. The van der Waals surface area contributed by atoms with Crippen LogP contribution >= 0.6 is 11.8 Å². The third-order valence-electron chi connectivity index (χ3n) is 3.01. The van der Waals surface area contributed by atoms with Gasteiger partial charge < -0.3 is 16.5 Å². The largest absolute Gasteiger partial charge is 0.383 e. The number of aromatic amines is 1. The number of aryl methyl sites for hydroxylation is 1. The summed E-state index contributed by atoms with van der Waals surface area (Å²) < 4.78 is 26.2. The van der Waals surface area contributed by atoms with Gasteiger partial charge in [0, 0.05) is 4.90 Å². The standard InChI is InChI=1S/C13H11F2N5S/c1-5-9-10(16)18-13(17)20-11(9)19-12(5)21-6-2-3-7(14)8(15)4-6/h2-4H,1H3,(H5,16,17,18,19,20). The van der Waals surface area contributed by atoms with E-state index in [0.29, 0.717) is 15.9 Å². The first-order chi connectivity index (χ1) is 9.95. The molecule has 2 aromatic heterocycles. The van der Waals surface area contributed by atoms with Crippen LogP contribution in [0.5, 0.6) is 0 Å². The number of hydrogen-bond donors (Lipinski definition) is 3. The van der Waals surface area contributed by atoms with Crippen molar-refractivity contribution < 1.29 is 8.78 Å². The summed E-state index contributed by atoms with van der Waals surface area (Å²) in [5, 5.41) is 1.40. The molecule has 3 rings (SSSR count). The molecule has 108 valence electrons. The number of nitrogens with one attached hydrogen (secondary N) is 1. The predicted molar refractivity (Wildman–Crippen MR) is 77.9 cm³/mol. The van der Waals surface area contributed by atoms with Gasteiger partial charge in [-0.1, -0.05) is 11.8 Å². The van der Waals surface area contributed by atoms with Crippen LogP contribution in [-0.4, -0.2) is 15.0 Å². The van der Waals surface area contributed by atoms with Crippen molar-refractivity contribution in [2.45, 2.75) is 16.8 Å². The van der Waals surface area contributed by atoms with Gasteiger partial charge in [0.05, 0.1) is 10.4 Å². The number of rotatable bonds is 2. The van der Waals surface area contributed by atoms with Crippen LogP contribution in [0.1, 0.15) is 5.56 Å². The lowest BCUT2D eigenvalue weighted by atomic mass is 10.2. The third kappa shape index (κ3) is 2.38. The topological polar surface area (TPSA) is 93.6 Å². The van der Waals surface area contributed by atoms with E-state index in [1.165, 1.54) is 17.8 Å². The molecule has 0 aliphatic heterocycles. The summed E-state index contributed by atoms with van der Waals surface area (Å²) in [5.41, 5.74) is 12.7. The average Bonchev–Trinajstić information content (AvgIpc) is 2.70. The molecule has 21 heavy (non-hydrogen) atoms. The molecule has 0 saturated carbocycles. The molecule has 1 aromatic carbocycles. The van der Waals surface area contributed by atoms with E-state index in [1.54, 1.807) is 0 Å². The van der Waals surface area contributed by atoms with Gasteiger partial charge in [0.25, 0.3) is 0 Å². The number of halogens is 2. The van der Waals surface area contributed by atoms with Crippen molar-refractivity contribution in [3.63, 3.8) is 0 Å². The number of nitrogens with zero attached hydrogens (tertiary/aromatic N) is 2. The van der Waals surface area contributed by atoms with Crippen molar-refractivity contribution in [3.05, 3.63) is 35.4 Å². The number of nitrogen functional groups attached to an aromatic ring is 2. The van der Waals surface area contributed by atoms with E-state index >= 15 is 0 Å². The molecule has 0 amide bonds. The molecule has 0 atom stereocenters. The number of nitrogens with two attached hydrogens (primary N) is 2. The highest BCUT2D eigenvalue weighted by Gasteiger charge is 2.15. The van der Waals surface area contributed by atoms with E-state index in [4.69, 9.17) is 11.5 Å². The predicted octanol–water partition coefficient (Wildman–Crippen LogP) is 2.86.